The third kappa shape index (κ3) is 4.92. The van der Waals surface area contributed by atoms with Gasteiger partial charge in [0.1, 0.15) is 11.3 Å². The predicted octanol–water partition coefficient (Wildman–Crippen LogP) is 3.74. The van der Waals surface area contributed by atoms with E-state index in [1.807, 2.05) is 31.2 Å². The first-order valence-corrected chi connectivity index (χ1v) is 10.8. The minimum absolute atomic E-state index is 0.0924. The van der Waals surface area contributed by atoms with Crippen molar-refractivity contribution in [3.63, 3.8) is 0 Å². The van der Waals surface area contributed by atoms with Gasteiger partial charge < -0.3 is 19.1 Å². The molecule has 31 heavy (non-hydrogen) atoms. The zero-order valence-electron chi connectivity index (χ0n) is 17.9. The summed E-state index contributed by atoms with van der Waals surface area (Å²) < 4.78 is 16.0. The molecule has 0 atom stereocenters. The molecule has 3 aromatic rings. The highest BCUT2D eigenvalue weighted by atomic mass is 16.5. The van der Waals surface area contributed by atoms with Gasteiger partial charge >= 0.3 is 0 Å². The second-order valence-electron chi connectivity index (χ2n) is 7.80. The van der Waals surface area contributed by atoms with Gasteiger partial charge in [-0.15, -0.1) is 0 Å². The lowest BCUT2D eigenvalue weighted by Crippen LogP contribution is -2.48. The minimum Gasteiger partial charge on any atom is -0.494 e. The molecule has 4 rings (SSSR count). The monoisotopic (exact) mass is 425 g/mol. The summed E-state index contributed by atoms with van der Waals surface area (Å²) in [6.45, 7) is 4.31. The molecule has 1 aliphatic rings. The fourth-order valence-corrected chi connectivity index (χ4v) is 3.94. The molecule has 9 nitrogen and oxygen atoms in total. The molecule has 0 aliphatic heterocycles. The van der Waals surface area contributed by atoms with E-state index in [1.165, 1.54) is 0 Å². The molecule has 9 heteroatoms. The van der Waals surface area contributed by atoms with Crippen LogP contribution in [0.2, 0.25) is 0 Å². The Kier molecular flexibility index (Phi) is 6.29. The highest BCUT2D eigenvalue weighted by Crippen LogP contribution is 2.35. The van der Waals surface area contributed by atoms with Crippen molar-refractivity contribution in [2.24, 2.45) is 0 Å². The number of hydrogen-bond donors (Lipinski definition) is 1. The number of nitrogens with zero attached hydrogens (tertiary/aromatic N) is 4. The molecule has 0 bridgehead atoms. The molecule has 1 fully saturated rings. The van der Waals surface area contributed by atoms with E-state index in [2.05, 4.69) is 25.6 Å². The highest BCUT2D eigenvalue weighted by molar-refractivity contribution is 5.77. The second-order valence-corrected chi connectivity index (χ2v) is 7.80. The van der Waals surface area contributed by atoms with Crippen LogP contribution in [0.3, 0.4) is 0 Å². The van der Waals surface area contributed by atoms with Crippen molar-refractivity contribution in [3.8, 4) is 17.1 Å². The largest absolute Gasteiger partial charge is 0.494 e. The Labute approximate surface area is 180 Å². The van der Waals surface area contributed by atoms with Crippen LogP contribution in [0.25, 0.3) is 11.4 Å². The number of nitrogens with one attached hydrogen (secondary N) is 1. The number of aromatic nitrogens is 4. The van der Waals surface area contributed by atoms with Crippen molar-refractivity contribution in [1.82, 2.24) is 25.6 Å². The van der Waals surface area contributed by atoms with Crippen molar-refractivity contribution in [2.45, 2.75) is 64.3 Å². The third-order valence-corrected chi connectivity index (χ3v) is 5.50. The summed E-state index contributed by atoms with van der Waals surface area (Å²) in [7, 11) is 0. The molecule has 0 saturated heterocycles. The maximum absolute atomic E-state index is 12.7. The Balaban J connectivity index is 1.37. The van der Waals surface area contributed by atoms with Crippen LogP contribution in [0, 0.1) is 6.92 Å². The van der Waals surface area contributed by atoms with Gasteiger partial charge in [0.2, 0.25) is 23.5 Å². The summed E-state index contributed by atoms with van der Waals surface area (Å²) in [6.07, 6.45) is 5.39. The number of aryl methyl sites for hydroxylation is 2. The molecule has 1 aromatic carbocycles. The van der Waals surface area contributed by atoms with E-state index < -0.39 is 5.54 Å². The highest BCUT2D eigenvalue weighted by Gasteiger charge is 2.39. The quantitative estimate of drug-likeness (QED) is 0.580. The Morgan fingerprint density at radius 1 is 1.10 bits per heavy atom. The molecule has 2 aromatic heterocycles. The Bertz CT molecular complexity index is 1010. The molecule has 164 valence electrons. The van der Waals surface area contributed by atoms with Gasteiger partial charge in [-0.05, 0) is 44.0 Å². The first-order chi connectivity index (χ1) is 15.1. The topological polar surface area (TPSA) is 116 Å². The normalized spacial score (nSPS) is 15.5. The van der Waals surface area contributed by atoms with Crippen LogP contribution in [0.15, 0.2) is 33.3 Å². The van der Waals surface area contributed by atoms with Crippen LogP contribution in [0.1, 0.15) is 63.1 Å². The number of hydrogen-bond acceptors (Lipinski definition) is 8. The van der Waals surface area contributed by atoms with Gasteiger partial charge in [0, 0.05) is 25.3 Å². The molecule has 0 unspecified atom stereocenters. The number of rotatable bonds is 8. The summed E-state index contributed by atoms with van der Waals surface area (Å²) in [4.78, 5) is 21.6. The fourth-order valence-electron chi connectivity index (χ4n) is 3.94. The van der Waals surface area contributed by atoms with E-state index in [0.29, 0.717) is 36.5 Å². The van der Waals surface area contributed by atoms with Crippen LogP contribution in [0.5, 0.6) is 5.75 Å². The molecule has 1 N–H and O–H groups in total. The lowest BCUT2D eigenvalue weighted by molar-refractivity contribution is -0.123. The second kappa shape index (κ2) is 9.28. The molecular weight excluding hydrogens is 398 g/mol. The predicted molar refractivity (Wildman–Crippen MR) is 111 cm³/mol. The number of amides is 1. The Morgan fingerprint density at radius 2 is 1.87 bits per heavy atom. The average Bonchev–Trinajstić information content (AvgIpc) is 3.43. The summed E-state index contributed by atoms with van der Waals surface area (Å²) in [5, 5.41) is 11.3. The number of benzene rings is 1. The zero-order valence-corrected chi connectivity index (χ0v) is 17.9. The lowest BCUT2D eigenvalue weighted by atomic mass is 9.81. The molecule has 1 aliphatic carbocycles. The Hall–Kier alpha value is -3.23. The van der Waals surface area contributed by atoms with Gasteiger partial charge in [0.25, 0.3) is 0 Å². The van der Waals surface area contributed by atoms with Crippen molar-refractivity contribution >= 4 is 5.91 Å². The van der Waals surface area contributed by atoms with Crippen LogP contribution in [0.4, 0.5) is 0 Å². The van der Waals surface area contributed by atoms with E-state index in [9.17, 15) is 4.79 Å². The van der Waals surface area contributed by atoms with Gasteiger partial charge in [0.05, 0.1) is 6.61 Å². The van der Waals surface area contributed by atoms with E-state index in [-0.39, 0.29) is 12.3 Å². The van der Waals surface area contributed by atoms with Crippen molar-refractivity contribution < 1.29 is 18.6 Å². The maximum Gasteiger partial charge on any atom is 0.227 e. The van der Waals surface area contributed by atoms with E-state index >= 15 is 0 Å². The SMILES string of the molecule is CCOc1ccc(-c2noc(CCC(=O)NC3(c4noc(C)n4)CCCCC3)n2)cc1. The van der Waals surface area contributed by atoms with Crippen LogP contribution >= 0.6 is 0 Å². The van der Waals surface area contributed by atoms with Crippen LogP contribution in [-0.2, 0) is 16.8 Å². The lowest BCUT2D eigenvalue weighted by Gasteiger charge is -2.35. The summed E-state index contributed by atoms with van der Waals surface area (Å²) in [5.41, 5.74) is 0.270. The van der Waals surface area contributed by atoms with Gasteiger partial charge in [-0.3, -0.25) is 4.79 Å². The van der Waals surface area contributed by atoms with Gasteiger partial charge in [-0.2, -0.15) is 9.97 Å². The van der Waals surface area contributed by atoms with E-state index in [4.69, 9.17) is 13.8 Å². The molecule has 1 amide bonds. The average molecular weight is 425 g/mol. The van der Waals surface area contributed by atoms with E-state index in [0.717, 1.165) is 43.4 Å². The fraction of sp³-hybridized carbons (Fsp3) is 0.500. The number of carbonyl (C=O) groups is 1. The van der Waals surface area contributed by atoms with Crippen molar-refractivity contribution in [1.29, 1.82) is 0 Å². The number of carbonyl (C=O) groups excluding carboxylic acids is 1. The molecule has 1 saturated carbocycles. The molecule has 0 spiro atoms. The zero-order chi connectivity index (χ0) is 21.7. The van der Waals surface area contributed by atoms with Crippen molar-refractivity contribution in [3.05, 3.63) is 41.9 Å². The van der Waals surface area contributed by atoms with Crippen molar-refractivity contribution in [2.75, 3.05) is 6.61 Å². The maximum atomic E-state index is 12.7. The Morgan fingerprint density at radius 3 is 2.55 bits per heavy atom. The summed E-state index contributed by atoms with van der Waals surface area (Å²) in [6, 6.07) is 7.50. The van der Waals surface area contributed by atoms with Gasteiger partial charge in [-0.25, -0.2) is 0 Å². The number of ether oxygens (including phenoxy) is 1. The summed E-state index contributed by atoms with van der Waals surface area (Å²) >= 11 is 0. The first-order valence-electron chi connectivity index (χ1n) is 10.8. The van der Waals surface area contributed by atoms with Gasteiger partial charge in [0.15, 0.2) is 5.82 Å². The minimum atomic E-state index is -0.560. The third-order valence-electron chi connectivity index (χ3n) is 5.50. The molecule has 0 radical (unpaired) electrons. The molecular formula is C22H27N5O4. The standard InChI is InChI=1S/C22H27N5O4/c1-3-29-17-9-7-16(8-10-17)20-24-19(31-26-20)12-11-18(28)25-22(13-5-4-6-14-22)21-23-15(2)30-27-21/h7-10H,3-6,11-14H2,1-2H3,(H,25,28). The summed E-state index contributed by atoms with van der Waals surface area (Å²) in [5.74, 6) is 2.68. The molecule has 2 heterocycles. The van der Waals surface area contributed by atoms with Crippen LogP contribution in [-0.4, -0.2) is 32.8 Å². The van der Waals surface area contributed by atoms with Gasteiger partial charge in [-0.1, -0.05) is 29.6 Å². The first kappa shape index (κ1) is 21.0. The van der Waals surface area contributed by atoms with E-state index in [1.54, 1.807) is 6.92 Å². The smallest absolute Gasteiger partial charge is 0.227 e. The van der Waals surface area contributed by atoms with Crippen LogP contribution < -0.4 is 10.1 Å².